The summed E-state index contributed by atoms with van der Waals surface area (Å²) in [6, 6.07) is 8.91. The molecular formula is C17H24N4O2. The van der Waals surface area contributed by atoms with E-state index in [0.29, 0.717) is 5.69 Å². The molecule has 23 heavy (non-hydrogen) atoms. The Morgan fingerprint density at radius 2 is 1.96 bits per heavy atom. The van der Waals surface area contributed by atoms with Crippen molar-refractivity contribution in [2.24, 2.45) is 0 Å². The lowest BCUT2D eigenvalue weighted by atomic mass is 9.96. The summed E-state index contributed by atoms with van der Waals surface area (Å²) in [6.07, 6.45) is 0. The van der Waals surface area contributed by atoms with Gasteiger partial charge < -0.3 is 15.7 Å². The number of carbonyl (C=O) groups excluding carboxylic acids is 1. The first-order valence-corrected chi connectivity index (χ1v) is 7.72. The Morgan fingerprint density at radius 1 is 1.30 bits per heavy atom. The zero-order chi connectivity index (χ0) is 17.0. The summed E-state index contributed by atoms with van der Waals surface area (Å²) in [5.74, 6) is 0. The number of carbonyl (C=O) groups is 1. The molecule has 2 aromatic rings. The number of aryl methyl sites for hydroxylation is 2. The van der Waals surface area contributed by atoms with Gasteiger partial charge in [0.15, 0.2) is 0 Å². The molecular weight excluding hydrogens is 292 g/mol. The van der Waals surface area contributed by atoms with Gasteiger partial charge in [0.2, 0.25) is 0 Å². The first-order valence-electron chi connectivity index (χ1n) is 7.72. The Labute approximate surface area is 136 Å². The Morgan fingerprint density at radius 3 is 2.52 bits per heavy atom. The number of hydrogen-bond donors (Lipinski definition) is 3. The molecule has 0 radical (unpaired) electrons. The Kier molecular flexibility index (Phi) is 5.05. The molecule has 0 fully saturated rings. The van der Waals surface area contributed by atoms with Gasteiger partial charge in [0, 0.05) is 6.54 Å². The third kappa shape index (κ3) is 3.90. The molecule has 6 heteroatoms. The van der Waals surface area contributed by atoms with Crippen LogP contribution in [0.3, 0.4) is 0 Å². The summed E-state index contributed by atoms with van der Waals surface area (Å²) in [5.41, 5.74) is 2.02. The highest BCUT2D eigenvalue weighted by Crippen LogP contribution is 2.20. The van der Waals surface area contributed by atoms with E-state index >= 15 is 0 Å². The van der Waals surface area contributed by atoms with Crippen molar-refractivity contribution in [1.82, 2.24) is 15.1 Å². The highest BCUT2D eigenvalue weighted by molar-refractivity contribution is 5.90. The van der Waals surface area contributed by atoms with Crippen molar-refractivity contribution in [2.75, 3.05) is 11.9 Å². The second-order valence-corrected chi connectivity index (χ2v) is 5.81. The molecule has 0 spiro atoms. The third-order valence-corrected chi connectivity index (χ3v) is 3.91. The molecule has 1 aromatic heterocycles. The molecule has 3 N–H and O–H groups in total. The van der Waals surface area contributed by atoms with Gasteiger partial charge >= 0.3 is 6.03 Å². The SMILES string of the molecule is CCn1nc(C)c(NC(=O)NCC(C)(O)c2ccccc2)c1C. The van der Waals surface area contributed by atoms with Crippen LogP contribution in [0.25, 0.3) is 0 Å². The lowest BCUT2D eigenvalue weighted by Gasteiger charge is -2.24. The van der Waals surface area contributed by atoms with Crippen LogP contribution < -0.4 is 10.6 Å². The van der Waals surface area contributed by atoms with Crippen molar-refractivity contribution in [3.63, 3.8) is 0 Å². The van der Waals surface area contributed by atoms with E-state index in [1.807, 2.05) is 55.8 Å². The van der Waals surface area contributed by atoms with Crippen LogP contribution in [0.15, 0.2) is 30.3 Å². The second kappa shape index (κ2) is 6.83. The summed E-state index contributed by atoms with van der Waals surface area (Å²) in [7, 11) is 0. The van der Waals surface area contributed by atoms with E-state index in [9.17, 15) is 9.90 Å². The first-order chi connectivity index (χ1) is 10.8. The molecule has 1 unspecified atom stereocenters. The molecule has 1 atom stereocenters. The monoisotopic (exact) mass is 316 g/mol. The number of benzene rings is 1. The number of nitrogens with zero attached hydrogens (tertiary/aromatic N) is 2. The average Bonchev–Trinajstić information content (AvgIpc) is 2.81. The minimum atomic E-state index is -1.13. The predicted octanol–water partition coefficient (Wildman–Crippen LogP) is 2.55. The molecule has 124 valence electrons. The van der Waals surface area contributed by atoms with Gasteiger partial charge in [-0.25, -0.2) is 4.79 Å². The highest BCUT2D eigenvalue weighted by Gasteiger charge is 2.24. The molecule has 0 aliphatic carbocycles. The third-order valence-electron chi connectivity index (χ3n) is 3.91. The van der Waals surface area contributed by atoms with Gasteiger partial charge in [0.1, 0.15) is 5.60 Å². The van der Waals surface area contributed by atoms with Crippen molar-refractivity contribution >= 4 is 11.7 Å². The molecule has 0 aliphatic heterocycles. The summed E-state index contributed by atoms with van der Waals surface area (Å²) in [5, 5.41) is 20.4. The van der Waals surface area contributed by atoms with Crippen molar-refractivity contribution < 1.29 is 9.90 Å². The van der Waals surface area contributed by atoms with Crippen LogP contribution in [0.1, 0.15) is 30.8 Å². The highest BCUT2D eigenvalue weighted by atomic mass is 16.3. The molecule has 2 amide bonds. The largest absolute Gasteiger partial charge is 0.384 e. The summed E-state index contributed by atoms with van der Waals surface area (Å²) >= 11 is 0. The van der Waals surface area contributed by atoms with Crippen LogP contribution >= 0.6 is 0 Å². The molecule has 0 aliphatic rings. The summed E-state index contributed by atoms with van der Waals surface area (Å²) in [4.78, 5) is 12.1. The fourth-order valence-electron chi connectivity index (χ4n) is 2.50. The van der Waals surface area contributed by atoms with Crippen LogP contribution in [0.5, 0.6) is 0 Å². The van der Waals surface area contributed by atoms with Gasteiger partial charge in [-0.05, 0) is 33.3 Å². The minimum Gasteiger partial charge on any atom is -0.384 e. The first kappa shape index (κ1) is 17.0. The quantitative estimate of drug-likeness (QED) is 0.793. The average molecular weight is 316 g/mol. The molecule has 1 heterocycles. The molecule has 2 rings (SSSR count). The van der Waals surface area contributed by atoms with Gasteiger partial charge in [-0.2, -0.15) is 5.10 Å². The van der Waals surface area contributed by atoms with E-state index in [2.05, 4.69) is 15.7 Å². The van der Waals surface area contributed by atoms with E-state index in [4.69, 9.17) is 0 Å². The Hall–Kier alpha value is -2.34. The summed E-state index contributed by atoms with van der Waals surface area (Å²) < 4.78 is 1.84. The fraction of sp³-hybridized carbons (Fsp3) is 0.412. The number of nitrogens with one attached hydrogen (secondary N) is 2. The van der Waals surface area contributed by atoms with Gasteiger partial charge in [0.25, 0.3) is 0 Å². The van der Waals surface area contributed by atoms with Crippen LogP contribution in [0, 0.1) is 13.8 Å². The van der Waals surface area contributed by atoms with Crippen molar-refractivity contribution in [3.8, 4) is 0 Å². The number of aliphatic hydroxyl groups is 1. The van der Waals surface area contributed by atoms with Gasteiger partial charge in [-0.15, -0.1) is 0 Å². The number of anilines is 1. The van der Waals surface area contributed by atoms with Crippen molar-refractivity contribution in [3.05, 3.63) is 47.3 Å². The van der Waals surface area contributed by atoms with Gasteiger partial charge in [0.05, 0.1) is 23.6 Å². The van der Waals surface area contributed by atoms with Gasteiger partial charge in [-0.3, -0.25) is 4.68 Å². The standard InChI is InChI=1S/C17H24N4O2/c1-5-21-13(3)15(12(2)20-21)19-16(22)18-11-17(4,23)14-9-7-6-8-10-14/h6-10,23H,5,11H2,1-4H3,(H2,18,19,22). The summed E-state index contributed by atoms with van der Waals surface area (Å²) in [6.45, 7) is 8.31. The number of hydrogen-bond acceptors (Lipinski definition) is 3. The maximum absolute atomic E-state index is 12.1. The van der Waals surface area contributed by atoms with Crippen LogP contribution in [0.2, 0.25) is 0 Å². The topological polar surface area (TPSA) is 79.2 Å². The Bertz CT molecular complexity index is 677. The number of rotatable bonds is 5. The van der Waals surface area contributed by atoms with Crippen LogP contribution in [-0.2, 0) is 12.1 Å². The molecule has 1 aromatic carbocycles. The fourth-order valence-corrected chi connectivity index (χ4v) is 2.50. The van der Waals surface area contributed by atoms with E-state index in [-0.39, 0.29) is 12.6 Å². The van der Waals surface area contributed by atoms with Crippen molar-refractivity contribution in [2.45, 2.75) is 39.8 Å². The van der Waals surface area contributed by atoms with E-state index in [0.717, 1.165) is 23.5 Å². The maximum atomic E-state index is 12.1. The second-order valence-electron chi connectivity index (χ2n) is 5.81. The molecule has 6 nitrogen and oxygen atoms in total. The van der Waals surface area contributed by atoms with Crippen molar-refractivity contribution in [1.29, 1.82) is 0 Å². The smallest absolute Gasteiger partial charge is 0.319 e. The normalized spacial score (nSPS) is 13.4. The number of amides is 2. The minimum absolute atomic E-state index is 0.114. The number of aromatic nitrogens is 2. The lowest BCUT2D eigenvalue weighted by molar-refractivity contribution is 0.0599. The van der Waals surface area contributed by atoms with Crippen LogP contribution in [-0.4, -0.2) is 27.5 Å². The molecule has 0 saturated heterocycles. The molecule has 0 bridgehead atoms. The lowest BCUT2D eigenvalue weighted by Crippen LogP contribution is -2.40. The number of urea groups is 1. The Balaban J connectivity index is 1.99. The zero-order valence-corrected chi connectivity index (χ0v) is 14.1. The van der Waals surface area contributed by atoms with E-state index in [1.54, 1.807) is 6.92 Å². The van der Waals surface area contributed by atoms with E-state index < -0.39 is 5.60 Å². The predicted molar refractivity (Wildman–Crippen MR) is 90.4 cm³/mol. The van der Waals surface area contributed by atoms with Gasteiger partial charge in [-0.1, -0.05) is 30.3 Å². The van der Waals surface area contributed by atoms with Crippen LogP contribution in [0.4, 0.5) is 10.5 Å². The maximum Gasteiger partial charge on any atom is 0.319 e. The zero-order valence-electron chi connectivity index (χ0n) is 14.1. The molecule has 0 saturated carbocycles. The van der Waals surface area contributed by atoms with E-state index in [1.165, 1.54) is 0 Å².